The number of thioether (sulfide) groups is 1. The summed E-state index contributed by atoms with van der Waals surface area (Å²) in [5.74, 6) is 0.435. The molecule has 2 saturated heterocycles. The summed E-state index contributed by atoms with van der Waals surface area (Å²) in [6, 6.07) is 29.8. The molecule has 0 unspecified atom stereocenters. The van der Waals surface area contributed by atoms with Gasteiger partial charge in [-0.05, 0) is 23.3 Å². The van der Waals surface area contributed by atoms with Crippen LogP contribution in [0.2, 0.25) is 0 Å². The number of benzene rings is 3. The van der Waals surface area contributed by atoms with Crippen LogP contribution < -0.4 is 5.06 Å². The molecule has 3 atom stereocenters. The van der Waals surface area contributed by atoms with Crippen LogP contribution >= 0.6 is 24.0 Å². The molecule has 0 aromatic heterocycles. The van der Waals surface area contributed by atoms with Crippen LogP contribution in [0.5, 0.6) is 0 Å². The van der Waals surface area contributed by atoms with Crippen LogP contribution in [0.4, 0.5) is 5.69 Å². The lowest BCUT2D eigenvalue weighted by atomic mass is 9.85. The van der Waals surface area contributed by atoms with Gasteiger partial charge in [0.15, 0.2) is 0 Å². The van der Waals surface area contributed by atoms with E-state index in [2.05, 4.69) is 12.1 Å². The summed E-state index contributed by atoms with van der Waals surface area (Å²) in [5, 5.41) is 1.90. The minimum atomic E-state index is -0.429. The first-order valence-electron chi connectivity index (χ1n) is 10.3. The highest BCUT2D eigenvalue weighted by Gasteiger charge is 2.51. The molecule has 0 N–H and O–H groups in total. The largest absolute Gasteiger partial charge is 0.296 e. The third kappa shape index (κ3) is 3.87. The molecule has 5 rings (SSSR count). The molecule has 1 amide bonds. The number of thiocarbonyl (C=S) groups is 1. The minimum Gasteiger partial charge on any atom is -0.296 e. The maximum atomic E-state index is 13.9. The Labute approximate surface area is 191 Å². The molecule has 0 spiro atoms. The van der Waals surface area contributed by atoms with Crippen molar-refractivity contribution >= 4 is 39.9 Å². The third-order valence-electron chi connectivity index (χ3n) is 5.74. The highest BCUT2D eigenvalue weighted by molar-refractivity contribution is 8.23. The summed E-state index contributed by atoms with van der Waals surface area (Å²) >= 11 is 7.07. The van der Waals surface area contributed by atoms with Crippen molar-refractivity contribution in [3.05, 3.63) is 102 Å². The predicted molar refractivity (Wildman–Crippen MR) is 129 cm³/mol. The Hall–Kier alpha value is -2.67. The zero-order valence-corrected chi connectivity index (χ0v) is 18.5. The SMILES string of the molecule is O=C([C@H]1[C@H](c2ccccc2)ON(c2ccccc2)[C@H]1c1ccccc1)N1CCSC1=S. The van der Waals surface area contributed by atoms with Crippen molar-refractivity contribution in [1.29, 1.82) is 0 Å². The van der Waals surface area contributed by atoms with Gasteiger partial charge in [0, 0.05) is 12.3 Å². The molecule has 3 aromatic carbocycles. The maximum Gasteiger partial charge on any atom is 0.236 e. The molecule has 0 aliphatic carbocycles. The lowest BCUT2D eigenvalue weighted by Crippen LogP contribution is -2.40. The fraction of sp³-hybridized carbons (Fsp3) is 0.200. The second-order valence-electron chi connectivity index (χ2n) is 7.58. The van der Waals surface area contributed by atoms with Gasteiger partial charge < -0.3 is 0 Å². The molecule has 0 radical (unpaired) electrons. The normalized spacial score (nSPS) is 23.4. The van der Waals surface area contributed by atoms with E-state index < -0.39 is 12.0 Å². The number of nitrogens with zero attached hydrogens (tertiary/aromatic N) is 2. The zero-order chi connectivity index (χ0) is 21.2. The van der Waals surface area contributed by atoms with Crippen LogP contribution in [0.3, 0.4) is 0 Å². The van der Waals surface area contributed by atoms with E-state index in [1.54, 1.807) is 16.7 Å². The molecule has 2 aliphatic heterocycles. The van der Waals surface area contributed by atoms with E-state index in [9.17, 15) is 4.79 Å². The summed E-state index contributed by atoms with van der Waals surface area (Å²) in [5.41, 5.74) is 2.95. The molecule has 156 valence electrons. The Morgan fingerprint density at radius 3 is 2.03 bits per heavy atom. The average Bonchev–Trinajstić information content (AvgIpc) is 3.44. The van der Waals surface area contributed by atoms with Gasteiger partial charge in [0.25, 0.3) is 0 Å². The molecular formula is C25H22N2O2S2. The molecule has 0 bridgehead atoms. The Kier molecular flexibility index (Phi) is 5.76. The van der Waals surface area contributed by atoms with E-state index >= 15 is 0 Å². The second kappa shape index (κ2) is 8.83. The average molecular weight is 447 g/mol. The van der Waals surface area contributed by atoms with E-state index in [0.717, 1.165) is 22.6 Å². The van der Waals surface area contributed by atoms with Crippen molar-refractivity contribution in [2.75, 3.05) is 17.4 Å². The number of hydroxylamine groups is 1. The van der Waals surface area contributed by atoms with Gasteiger partial charge in [-0.1, -0.05) is 103 Å². The van der Waals surface area contributed by atoms with Crippen LogP contribution in [0, 0.1) is 5.92 Å². The molecular weight excluding hydrogens is 424 g/mol. The summed E-state index contributed by atoms with van der Waals surface area (Å²) in [4.78, 5) is 22.2. The quantitative estimate of drug-likeness (QED) is 0.501. The maximum absolute atomic E-state index is 13.9. The van der Waals surface area contributed by atoms with E-state index in [1.165, 1.54) is 0 Å². The molecule has 3 aromatic rings. The van der Waals surface area contributed by atoms with E-state index in [-0.39, 0.29) is 11.9 Å². The molecule has 31 heavy (non-hydrogen) atoms. The number of hydrogen-bond donors (Lipinski definition) is 0. The second-order valence-corrected chi connectivity index (χ2v) is 9.31. The molecule has 2 aliphatic rings. The number of anilines is 1. The van der Waals surface area contributed by atoms with Gasteiger partial charge in [0.1, 0.15) is 10.4 Å². The number of para-hydroxylation sites is 1. The zero-order valence-electron chi connectivity index (χ0n) is 16.8. The Bertz CT molecular complexity index is 1060. The number of hydrogen-bond acceptors (Lipinski definition) is 5. The van der Waals surface area contributed by atoms with Crippen LogP contribution in [-0.4, -0.2) is 27.4 Å². The number of carbonyl (C=O) groups is 1. The predicted octanol–water partition coefficient (Wildman–Crippen LogP) is 5.40. The van der Waals surface area contributed by atoms with E-state index in [4.69, 9.17) is 17.1 Å². The number of rotatable bonds is 4. The van der Waals surface area contributed by atoms with Gasteiger partial charge in [-0.25, -0.2) is 5.06 Å². The van der Waals surface area contributed by atoms with E-state index in [0.29, 0.717) is 10.9 Å². The highest BCUT2D eigenvalue weighted by atomic mass is 32.2. The highest BCUT2D eigenvalue weighted by Crippen LogP contribution is 2.49. The van der Waals surface area contributed by atoms with Crippen LogP contribution in [0.1, 0.15) is 23.3 Å². The molecule has 6 heteroatoms. The molecule has 4 nitrogen and oxygen atoms in total. The van der Waals surface area contributed by atoms with Gasteiger partial charge in [-0.3, -0.25) is 14.5 Å². The summed E-state index contributed by atoms with van der Waals surface area (Å²) in [6.45, 7) is 0.646. The van der Waals surface area contributed by atoms with Gasteiger partial charge in [0.2, 0.25) is 5.91 Å². The summed E-state index contributed by atoms with van der Waals surface area (Å²) < 4.78 is 0.654. The van der Waals surface area contributed by atoms with Crippen LogP contribution in [-0.2, 0) is 9.63 Å². The molecule has 2 fully saturated rings. The van der Waals surface area contributed by atoms with Crippen LogP contribution in [0.15, 0.2) is 91.0 Å². The minimum absolute atomic E-state index is 0.0242. The van der Waals surface area contributed by atoms with Crippen molar-refractivity contribution in [3.8, 4) is 0 Å². The summed E-state index contributed by atoms with van der Waals surface area (Å²) in [6.07, 6.45) is -0.410. The number of amides is 1. The lowest BCUT2D eigenvalue weighted by Gasteiger charge is -2.29. The smallest absolute Gasteiger partial charge is 0.236 e. The Balaban J connectivity index is 1.64. The monoisotopic (exact) mass is 446 g/mol. The molecule has 2 heterocycles. The van der Waals surface area contributed by atoms with Crippen LogP contribution in [0.25, 0.3) is 0 Å². The lowest BCUT2D eigenvalue weighted by molar-refractivity contribution is -0.133. The van der Waals surface area contributed by atoms with Gasteiger partial charge in [-0.2, -0.15) is 0 Å². The fourth-order valence-electron chi connectivity index (χ4n) is 4.30. The van der Waals surface area contributed by atoms with Gasteiger partial charge in [-0.15, -0.1) is 0 Å². The first-order chi connectivity index (χ1) is 15.2. The Morgan fingerprint density at radius 1 is 0.871 bits per heavy atom. The summed E-state index contributed by atoms with van der Waals surface area (Å²) in [7, 11) is 0. The standard InChI is InChI=1S/C25H22N2O2S2/c28-24(26-16-17-31-25(26)30)21-22(18-10-4-1-5-11-18)27(20-14-8-3-9-15-20)29-23(21)19-12-6-2-7-13-19/h1-15,21-23H,16-17H2/t21-,22+,23+/m1/s1. The van der Waals surface area contributed by atoms with Crippen molar-refractivity contribution < 1.29 is 9.63 Å². The topological polar surface area (TPSA) is 32.8 Å². The van der Waals surface area contributed by atoms with E-state index in [1.807, 2.05) is 83.9 Å². The van der Waals surface area contributed by atoms with Crippen molar-refractivity contribution in [3.63, 3.8) is 0 Å². The van der Waals surface area contributed by atoms with Crippen molar-refractivity contribution in [2.45, 2.75) is 12.1 Å². The first kappa shape index (κ1) is 20.2. The van der Waals surface area contributed by atoms with Gasteiger partial charge >= 0.3 is 0 Å². The number of carbonyl (C=O) groups excluding carboxylic acids is 1. The molecule has 0 saturated carbocycles. The van der Waals surface area contributed by atoms with Crippen molar-refractivity contribution in [2.24, 2.45) is 5.92 Å². The fourth-order valence-corrected chi connectivity index (χ4v) is 5.52. The first-order valence-corrected chi connectivity index (χ1v) is 11.7. The third-order valence-corrected chi connectivity index (χ3v) is 7.17. The van der Waals surface area contributed by atoms with Gasteiger partial charge in [0.05, 0.1) is 17.6 Å². The van der Waals surface area contributed by atoms with Crippen molar-refractivity contribution in [1.82, 2.24) is 4.90 Å². The Morgan fingerprint density at radius 2 is 1.45 bits per heavy atom.